The Labute approximate surface area is 142 Å². The fourth-order valence-corrected chi connectivity index (χ4v) is 2.33. The summed E-state index contributed by atoms with van der Waals surface area (Å²) in [4.78, 5) is 23.9. The Bertz CT molecular complexity index is 762. The maximum absolute atomic E-state index is 12.1. The molecule has 0 spiro atoms. The van der Waals surface area contributed by atoms with Crippen molar-refractivity contribution in [2.24, 2.45) is 0 Å². The molecule has 0 unspecified atom stereocenters. The molecule has 2 N–H and O–H groups in total. The number of carbonyl (C=O) groups excluding carboxylic acids is 2. The predicted molar refractivity (Wildman–Crippen MR) is 96.4 cm³/mol. The van der Waals surface area contributed by atoms with Crippen LogP contribution >= 0.6 is 0 Å². The van der Waals surface area contributed by atoms with E-state index >= 15 is 0 Å². The largest absolute Gasteiger partial charge is 0.269 e. The van der Waals surface area contributed by atoms with E-state index < -0.39 is 0 Å². The molecular weight excluding hydrogens is 300 g/mol. The Hall–Kier alpha value is -2.88. The molecule has 4 nitrogen and oxygen atoms in total. The van der Waals surface area contributed by atoms with Crippen molar-refractivity contribution in [3.63, 3.8) is 0 Å². The molecule has 0 heterocycles. The zero-order chi connectivity index (χ0) is 17.5. The topological polar surface area (TPSA) is 58.2 Å². The van der Waals surface area contributed by atoms with Gasteiger partial charge in [-0.25, -0.2) is 0 Å². The lowest BCUT2D eigenvalue weighted by molar-refractivity contribution is -0.117. The van der Waals surface area contributed by atoms with E-state index in [0.29, 0.717) is 5.56 Å². The van der Waals surface area contributed by atoms with Gasteiger partial charge in [-0.1, -0.05) is 48.9 Å². The molecule has 0 saturated carbocycles. The molecule has 0 atom stereocenters. The van der Waals surface area contributed by atoms with Crippen molar-refractivity contribution in [1.29, 1.82) is 0 Å². The van der Waals surface area contributed by atoms with E-state index in [2.05, 4.69) is 17.8 Å². The first-order valence-corrected chi connectivity index (χ1v) is 7.94. The van der Waals surface area contributed by atoms with Crippen LogP contribution in [0.15, 0.2) is 48.5 Å². The van der Waals surface area contributed by atoms with E-state index in [1.165, 1.54) is 11.6 Å². The molecule has 124 valence electrons. The van der Waals surface area contributed by atoms with Crippen molar-refractivity contribution in [2.75, 3.05) is 0 Å². The highest BCUT2D eigenvalue weighted by molar-refractivity contribution is 5.98. The summed E-state index contributed by atoms with van der Waals surface area (Å²) in [5.74, 6) is -0.714. The van der Waals surface area contributed by atoms with Gasteiger partial charge < -0.3 is 0 Å². The van der Waals surface area contributed by atoms with Gasteiger partial charge in [-0.15, -0.1) is 0 Å². The number of benzene rings is 2. The monoisotopic (exact) mass is 322 g/mol. The van der Waals surface area contributed by atoms with E-state index in [1.54, 1.807) is 12.1 Å². The molecular formula is C20H22N2O2. The average molecular weight is 322 g/mol. The van der Waals surface area contributed by atoms with E-state index in [-0.39, 0.29) is 11.8 Å². The smallest absolute Gasteiger partial charge is 0.268 e. The molecule has 0 aromatic heterocycles. The highest BCUT2D eigenvalue weighted by Crippen LogP contribution is 2.10. The lowest BCUT2D eigenvalue weighted by Gasteiger charge is -2.08. The Morgan fingerprint density at radius 1 is 1.00 bits per heavy atom. The van der Waals surface area contributed by atoms with Crippen LogP contribution in [0.5, 0.6) is 0 Å². The normalized spacial score (nSPS) is 10.6. The fourth-order valence-electron chi connectivity index (χ4n) is 2.33. The Balaban J connectivity index is 1.90. The molecule has 0 fully saturated rings. The molecule has 0 aliphatic heterocycles. The third-order valence-corrected chi connectivity index (χ3v) is 3.74. The molecule has 0 saturated heterocycles. The summed E-state index contributed by atoms with van der Waals surface area (Å²) in [5, 5.41) is 0. The minimum atomic E-state index is -0.382. The number of hydrogen-bond acceptors (Lipinski definition) is 2. The minimum absolute atomic E-state index is 0.332. The van der Waals surface area contributed by atoms with Gasteiger partial charge in [0.05, 0.1) is 0 Å². The van der Waals surface area contributed by atoms with Crippen molar-refractivity contribution < 1.29 is 9.59 Å². The summed E-state index contributed by atoms with van der Waals surface area (Å²) in [6, 6.07) is 13.5. The number of hydrogen-bond donors (Lipinski definition) is 2. The molecule has 0 bridgehead atoms. The Morgan fingerprint density at radius 2 is 1.71 bits per heavy atom. The van der Waals surface area contributed by atoms with Gasteiger partial charge in [-0.05, 0) is 49.1 Å². The molecule has 2 amide bonds. The molecule has 0 radical (unpaired) electrons. The molecule has 2 rings (SSSR count). The predicted octanol–water partition coefficient (Wildman–Crippen LogP) is 3.34. The summed E-state index contributed by atoms with van der Waals surface area (Å²) in [7, 11) is 0. The molecule has 0 aliphatic rings. The highest BCUT2D eigenvalue weighted by atomic mass is 16.2. The second kappa shape index (κ2) is 8.11. The van der Waals surface area contributed by atoms with Crippen molar-refractivity contribution in [3.05, 3.63) is 76.4 Å². The molecule has 2 aromatic carbocycles. The maximum Gasteiger partial charge on any atom is 0.269 e. The molecule has 24 heavy (non-hydrogen) atoms. The number of hydrazine groups is 1. The zero-order valence-electron chi connectivity index (χ0n) is 14.2. The van der Waals surface area contributed by atoms with E-state index in [4.69, 9.17) is 0 Å². The van der Waals surface area contributed by atoms with E-state index in [0.717, 1.165) is 23.1 Å². The van der Waals surface area contributed by atoms with Gasteiger partial charge in [0.1, 0.15) is 0 Å². The van der Waals surface area contributed by atoms with Gasteiger partial charge in [0.2, 0.25) is 0 Å². The van der Waals surface area contributed by atoms with Crippen LogP contribution in [0.1, 0.15) is 39.5 Å². The summed E-state index contributed by atoms with van der Waals surface area (Å²) in [6.07, 6.45) is 4.08. The van der Waals surface area contributed by atoms with Crippen LogP contribution in [0.4, 0.5) is 0 Å². The second-order valence-corrected chi connectivity index (χ2v) is 5.69. The standard InChI is InChI=1S/C20H22N2O2/c1-4-16-6-8-17(9-7-16)10-12-19(23)21-22-20(24)18-11-5-14(2)13-15(18)3/h5-13H,4H2,1-3H3,(H,21,23)(H,22,24)/b12-10+. The number of nitrogens with one attached hydrogen (secondary N) is 2. The summed E-state index contributed by atoms with van der Waals surface area (Å²) in [5.41, 5.74) is 9.49. The number of carbonyl (C=O) groups is 2. The lowest BCUT2D eigenvalue weighted by Crippen LogP contribution is -2.41. The minimum Gasteiger partial charge on any atom is -0.268 e. The summed E-state index contributed by atoms with van der Waals surface area (Å²) in [6.45, 7) is 5.93. The van der Waals surface area contributed by atoms with Gasteiger partial charge in [0.15, 0.2) is 0 Å². The number of rotatable bonds is 4. The second-order valence-electron chi connectivity index (χ2n) is 5.69. The van der Waals surface area contributed by atoms with Crippen LogP contribution in [0.3, 0.4) is 0 Å². The molecule has 4 heteroatoms. The van der Waals surface area contributed by atoms with Crippen molar-refractivity contribution >= 4 is 17.9 Å². The first-order valence-electron chi connectivity index (χ1n) is 7.94. The van der Waals surface area contributed by atoms with Crippen LogP contribution in [-0.4, -0.2) is 11.8 Å². The fraction of sp³-hybridized carbons (Fsp3) is 0.200. The Kier molecular flexibility index (Phi) is 5.90. The zero-order valence-corrected chi connectivity index (χ0v) is 14.2. The summed E-state index contributed by atoms with van der Waals surface area (Å²) >= 11 is 0. The number of amides is 2. The first-order chi connectivity index (χ1) is 11.5. The van der Waals surface area contributed by atoms with Gasteiger partial charge >= 0.3 is 0 Å². The summed E-state index contributed by atoms with van der Waals surface area (Å²) < 4.78 is 0. The van der Waals surface area contributed by atoms with Crippen LogP contribution in [0, 0.1) is 13.8 Å². The molecule has 0 aliphatic carbocycles. The van der Waals surface area contributed by atoms with Gasteiger partial charge in [-0.3, -0.25) is 20.4 Å². The lowest BCUT2D eigenvalue weighted by atomic mass is 10.1. The molecule has 2 aromatic rings. The Morgan fingerprint density at radius 3 is 2.33 bits per heavy atom. The third-order valence-electron chi connectivity index (χ3n) is 3.74. The van der Waals surface area contributed by atoms with Crippen molar-refractivity contribution in [3.8, 4) is 0 Å². The van der Waals surface area contributed by atoms with Crippen LogP contribution < -0.4 is 10.9 Å². The van der Waals surface area contributed by atoms with E-state index in [1.807, 2.05) is 50.2 Å². The van der Waals surface area contributed by atoms with Crippen molar-refractivity contribution in [2.45, 2.75) is 27.2 Å². The van der Waals surface area contributed by atoms with Crippen LogP contribution in [-0.2, 0) is 11.2 Å². The first kappa shape index (κ1) is 17.5. The van der Waals surface area contributed by atoms with Gasteiger partial charge in [0.25, 0.3) is 11.8 Å². The quantitative estimate of drug-likeness (QED) is 0.670. The average Bonchev–Trinajstić information content (AvgIpc) is 2.58. The van der Waals surface area contributed by atoms with E-state index in [9.17, 15) is 9.59 Å². The van der Waals surface area contributed by atoms with Crippen LogP contribution in [0.2, 0.25) is 0 Å². The van der Waals surface area contributed by atoms with Gasteiger partial charge in [0, 0.05) is 11.6 Å². The SMILES string of the molecule is CCc1ccc(/C=C/C(=O)NNC(=O)c2ccc(C)cc2C)cc1. The number of aryl methyl sites for hydroxylation is 3. The van der Waals surface area contributed by atoms with Gasteiger partial charge in [-0.2, -0.15) is 0 Å². The van der Waals surface area contributed by atoms with Crippen LogP contribution in [0.25, 0.3) is 6.08 Å². The van der Waals surface area contributed by atoms with Crippen molar-refractivity contribution in [1.82, 2.24) is 10.9 Å². The maximum atomic E-state index is 12.1. The highest BCUT2D eigenvalue weighted by Gasteiger charge is 2.09. The third kappa shape index (κ3) is 4.81.